The number of halogens is 2. The summed E-state index contributed by atoms with van der Waals surface area (Å²) in [6.07, 6.45) is 0.404. The van der Waals surface area contributed by atoms with E-state index in [2.05, 4.69) is 25.6 Å². The Morgan fingerprint density at radius 2 is 2.00 bits per heavy atom. The Morgan fingerprint density at radius 3 is 2.68 bits per heavy atom. The van der Waals surface area contributed by atoms with Gasteiger partial charge in [-0.3, -0.25) is 0 Å². The molecule has 0 amide bonds. The van der Waals surface area contributed by atoms with E-state index in [1.54, 1.807) is 0 Å². The fourth-order valence-corrected chi connectivity index (χ4v) is 2.21. The van der Waals surface area contributed by atoms with Gasteiger partial charge in [-0.05, 0) is 33.1 Å². The summed E-state index contributed by atoms with van der Waals surface area (Å²) in [5, 5.41) is 15.4. The number of alkyl halides is 1. The van der Waals surface area contributed by atoms with Gasteiger partial charge in [-0.1, -0.05) is 0 Å². The van der Waals surface area contributed by atoms with Crippen molar-refractivity contribution in [3.05, 3.63) is 11.7 Å². The second-order valence-electron chi connectivity index (χ2n) is 5.46. The molecule has 1 aliphatic rings. The summed E-state index contributed by atoms with van der Waals surface area (Å²) in [6, 6.07) is 0.0834. The van der Waals surface area contributed by atoms with E-state index in [9.17, 15) is 13.9 Å². The maximum atomic E-state index is 14.1. The van der Waals surface area contributed by atoms with Crippen LogP contribution in [0.5, 0.6) is 0 Å². The van der Waals surface area contributed by atoms with Crippen molar-refractivity contribution in [1.29, 1.82) is 0 Å². The molecule has 8 heteroatoms. The quantitative estimate of drug-likeness (QED) is 0.747. The van der Waals surface area contributed by atoms with Crippen LogP contribution in [-0.4, -0.2) is 45.4 Å². The lowest BCUT2D eigenvalue weighted by Gasteiger charge is -2.19. The smallest absolute Gasteiger partial charge is 0.228 e. The van der Waals surface area contributed by atoms with Crippen LogP contribution in [0.15, 0.2) is 5.83 Å². The predicted molar refractivity (Wildman–Crippen MR) is 80.9 cm³/mol. The molecule has 1 aromatic rings. The molecule has 2 rings (SSSR count). The van der Waals surface area contributed by atoms with E-state index in [0.717, 1.165) is 0 Å². The van der Waals surface area contributed by atoms with Crippen LogP contribution in [0.4, 0.5) is 20.7 Å². The molecule has 1 aliphatic carbocycles. The third-order valence-electron chi connectivity index (χ3n) is 3.19. The van der Waals surface area contributed by atoms with E-state index in [0.29, 0.717) is 25.2 Å². The lowest BCUT2D eigenvalue weighted by molar-refractivity contribution is 0.165. The minimum absolute atomic E-state index is 0.0642. The normalized spacial score (nSPS) is 18.7. The van der Waals surface area contributed by atoms with Crippen LogP contribution in [0.3, 0.4) is 0 Å². The number of aliphatic hydroxyl groups excluding tert-OH is 1. The molecule has 6 nitrogen and oxygen atoms in total. The summed E-state index contributed by atoms with van der Waals surface area (Å²) >= 11 is 0. The van der Waals surface area contributed by atoms with E-state index in [1.807, 2.05) is 13.8 Å². The standard InChI is InChI=1S/C14H21F2N5O/c1-8(2)18-14-20-12(19-13(21-14)17-7-6-15)9-4-3-5-10(22)11(9)16/h8,10,22H,3-7H2,1-2H3,(H2,17,18,19,20,21). The summed E-state index contributed by atoms with van der Waals surface area (Å²) in [5.41, 5.74) is 0.288. The van der Waals surface area contributed by atoms with Crippen molar-refractivity contribution in [2.75, 3.05) is 23.9 Å². The molecule has 0 saturated carbocycles. The Balaban J connectivity index is 2.38. The van der Waals surface area contributed by atoms with Crippen LogP contribution in [0.1, 0.15) is 38.9 Å². The Morgan fingerprint density at radius 1 is 1.27 bits per heavy atom. The molecular weight excluding hydrogens is 292 g/mol. The Hall–Kier alpha value is -1.83. The Bertz CT molecular complexity index is 550. The number of nitrogens with zero attached hydrogens (tertiary/aromatic N) is 3. The topological polar surface area (TPSA) is 83.0 Å². The van der Waals surface area contributed by atoms with Gasteiger partial charge in [0.05, 0.1) is 0 Å². The molecule has 0 radical (unpaired) electrons. The number of rotatable bonds is 6. The third-order valence-corrected chi connectivity index (χ3v) is 3.19. The first-order valence-electron chi connectivity index (χ1n) is 7.40. The number of nitrogens with one attached hydrogen (secondary N) is 2. The molecule has 1 unspecified atom stereocenters. The second kappa shape index (κ2) is 7.44. The summed E-state index contributed by atoms with van der Waals surface area (Å²) in [6.45, 7) is 3.34. The number of anilines is 2. The van der Waals surface area contributed by atoms with Crippen LogP contribution in [0, 0.1) is 0 Å². The van der Waals surface area contributed by atoms with Gasteiger partial charge in [-0.25, -0.2) is 8.78 Å². The van der Waals surface area contributed by atoms with Gasteiger partial charge in [0.15, 0.2) is 5.82 Å². The van der Waals surface area contributed by atoms with E-state index in [4.69, 9.17) is 0 Å². The zero-order valence-corrected chi connectivity index (χ0v) is 12.7. The molecule has 0 spiro atoms. The maximum Gasteiger partial charge on any atom is 0.228 e. The van der Waals surface area contributed by atoms with Crippen molar-refractivity contribution in [2.45, 2.75) is 45.3 Å². The summed E-state index contributed by atoms with van der Waals surface area (Å²) in [4.78, 5) is 12.5. The number of hydrogen-bond acceptors (Lipinski definition) is 6. The number of aliphatic hydroxyl groups is 1. The highest BCUT2D eigenvalue weighted by Gasteiger charge is 2.25. The van der Waals surface area contributed by atoms with Gasteiger partial charge in [0.1, 0.15) is 18.6 Å². The van der Waals surface area contributed by atoms with Crippen molar-refractivity contribution < 1.29 is 13.9 Å². The zero-order valence-electron chi connectivity index (χ0n) is 12.7. The molecule has 1 aromatic heterocycles. The molecule has 1 heterocycles. The van der Waals surface area contributed by atoms with Crippen LogP contribution in [0.2, 0.25) is 0 Å². The molecule has 0 bridgehead atoms. The van der Waals surface area contributed by atoms with Crippen molar-refractivity contribution >= 4 is 17.5 Å². The summed E-state index contributed by atoms with van der Waals surface area (Å²) in [7, 11) is 0. The van der Waals surface area contributed by atoms with E-state index in [-0.39, 0.29) is 29.9 Å². The molecule has 122 valence electrons. The number of allylic oxidation sites excluding steroid dienone is 1. The van der Waals surface area contributed by atoms with Gasteiger partial charge >= 0.3 is 0 Å². The molecule has 3 N–H and O–H groups in total. The highest BCUT2D eigenvalue weighted by molar-refractivity contribution is 5.65. The fourth-order valence-electron chi connectivity index (χ4n) is 2.21. The molecule has 0 saturated heterocycles. The lowest BCUT2D eigenvalue weighted by atomic mass is 9.96. The number of aromatic nitrogens is 3. The lowest BCUT2D eigenvalue weighted by Crippen LogP contribution is -2.19. The third kappa shape index (κ3) is 4.09. The minimum Gasteiger partial charge on any atom is -0.386 e. The summed E-state index contributed by atoms with van der Waals surface area (Å²) in [5.74, 6) is 0.0630. The predicted octanol–water partition coefficient (Wildman–Crippen LogP) is 2.30. The van der Waals surface area contributed by atoms with Crippen molar-refractivity contribution in [3.8, 4) is 0 Å². The SMILES string of the molecule is CC(C)Nc1nc(NCCF)nc(C2=C(F)C(O)CCC2)n1. The highest BCUT2D eigenvalue weighted by atomic mass is 19.1. The van der Waals surface area contributed by atoms with E-state index in [1.165, 1.54) is 0 Å². The van der Waals surface area contributed by atoms with Crippen molar-refractivity contribution in [1.82, 2.24) is 15.0 Å². The first-order chi connectivity index (χ1) is 10.5. The Labute approximate surface area is 128 Å². The Kier molecular flexibility index (Phi) is 5.59. The monoisotopic (exact) mass is 313 g/mol. The van der Waals surface area contributed by atoms with Crippen LogP contribution in [0.25, 0.3) is 5.57 Å². The van der Waals surface area contributed by atoms with Gasteiger partial charge in [0.2, 0.25) is 11.9 Å². The van der Waals surface area contributed by atoms with Gasteiger partial charge in [-0.15, -0.1) is 0 Å². The first kappa shape index (κ1) is 16.5. The average molecular weight is 313 g/mol. The van der Waals surface area contributed by atoms with Crippen LogP contribution >= 0.6 is 0 Å². The molecule has 1 atom stereocenters. The minimum atomic E-state index is -1.11. The largest absolute Gasteiger partial charge is 0.386 e. The van der Waals surface area contributed by atoms with Crippen LogP contribution < -0.4 is 10.6 Å². The summed E-state index contributed by atoms with van der Waals surface area (Å²) < 4.78 is 26.4. The zero-order chi connectivity index (χ0) is 16.1. The number of hydrogen-bond donors (Lipinski definition) is 3. The van der Waals surface area contributed by atoms with Crippen molar-refractivity contribution in [3.63, 3.8) is 0 Å². The average Bonchev–Trinajstić information content (AvgIpc) is 2.47. The maximum absolute atomic E-state index is 14.1. The molecule has 0 fully saturated rings. The second-order valence-corrected chi connectivity index (χ2v) is 5.46. The van der Waals surface area contributed by atoms with E-state index < -0.39 is 18.6 Å². The molecule has 0 aliphatic heterocycles. The molecular formula is C14H21F2N5O. The highest BCUT2D eigenvalue weighted by Crippen LogP contribution is 2.32. The molecule has 0 aromatic carbocycles. The fraction of sp³-hybridized carbons (Fsp3) is 0.643. The van der Waals surface area contributed by atoms with Gasteiger partial charge in [0, 0.05) is 18.2 Å². The van der Waals surface area contributed by atoms with Gasteiger partial charge in [0.25, 0.3) is 0 Å². The first-order valence-corrected chi connectivity index (χ1v) is 7.40. The van der Waals surface area contributed by atoms with E-state index >= 15 is 0 Å². The van der Waals surface area contributed by atoms with Crippen LogP contribution in [-0.2, 0) is 0 Å². The van der Waals surface area contributed by atoms with Crippen molar-refractivity contribution in [2.24, 2.45) is 0 Å². The van der Waals surface area contributed by atoms with Gasteiger partial charge < -0.3 is 15.7 Å². The van der Waals surface area contributed by atoms with Gasteiger partial charge in [-0.2, -0.15) is 15.0 Å². The molecule has 22 heavy (non-hydrogen) atoms.